The normalized spacial score (nSPS) is 19.1. The Morgan fingerprint density at radius 1 is 1.25 bits per heavy atom. The molecule has 0 saturated heterocycles. The molecule has 1 aliphatic carbocycles. The summed E-state index contributed by atoms with van der Waals surface area (Å²) in [6.45, 7) is 0. The van der Waals surface area contributed by atoms with E-state index in [1.165, 1.54) is 18.4 Å². The highest BCUT2D eigenvalue weighted by atomic mass is 35.5. The summed E-state index contributed by atoms with van der Waals surface area (Å²) in [4.78, 5) is 0. The third-order valence-corrected chi connectivity index (χ3v) is 2.92. The van der Waals surface area contributed by atoms with Gasteiger partial charge in [0, 0.05) is 11.8 Å². The van der Waals surface area contributed by atoms with E-state index in [-0.39, 0.29) is 0 Å². The molecule has 0 heterocycles. The molecule has 0 spiro atoms. The summed E-state index contributed by atoms with van der Waals surface area (Å²) in [5, 5.41) is 0. The van der Waals surface area contributed by atoms with Crippen molar-refractivity contribution in [2.24, 2.45) is 5.92 Å². The predicted octanol–water partition coefficient (Wildman–Crippen LogP) is 3.42. The minimum absolute atomic E-state index is 0.605. The molecule has 1 aliphatic rings. The first-order valence-corrected chi connectivity index (χ1v) is 5.06. The number of hydrogen-bond acceptors (Lipinski definition) is 0. The van der Waals surface area contributed by atoms with E-state index in [1.54, 1.807) is 0 Å². The third kappa shape index (κ3) is 1.64. The monoisotopic (exact) mass is 180 g/mol. The number of rotatable bonds is 3. The fourth-order valence-electron chi connectivity index (χ4n) is 1.69. The molecule has 0 aliphatic heterocycles. The van der Waals surface area contributed by atoms with Crippen LogP contribution in [0, 0.1) is 5.92 Å². The molecule has 1 heteroatoms. The van der Waals surface area contributed by atoms with Gasteiger partial charge in [-0.1, -0.05) is 30.3 Å². The molecule has 12 heavy (non-hydrogen) atoms. The Hall–Kier alpha value is -0.490. The second-order valence-electron chi connectivity index (χ2n) is 3.51. The molecule has 0 amide bonds. The number of alkyl halides is 1. The standard InChI is InChI=1S/C11H13Cl/c12-8-11(10-6-7-10)9-4-2-1-3-5-9/h1-5,10-11H,6-8H2. The maximum atomic E-state index is 5.94. The molecule has 64 valence electrons. The predicted molar refractivity (Wildman–Crippen MR) is 52.6 cm³/mol. The Balaban J connectivity index is 2.15. The van der Waals surface area contributed by atoms with Crippen molar-refractivity contribution in [3.8, 4) is 0 Å². The van der Waals surface area contributed by atoms with E-state index < -0.39 is 0 Å². The van der Waals surface area contributed by atoms with Gasteiger partial charge in [0.25, 0.3) is 0 Å². The largest absolute Gasteiger partial charge is 0.126 e. The Bertz CT molecular complexity index is 238. The Kier molecular flexibility index (Phi) is 2.36. The second kappa shape index (κ2) is 3.49. The molecule has 1 aromatic carbocycles. The molecule has 0 N–H and O–H groups in total. The topological polar surface area (TPSA) is 0 Å². The van der Waals surface area contributed by atoms with E-state index in [4.69, 9.17) is 11.6 Å². The lowest BCUT2D eigenvalue weighted by Gasteiger charge is -2.12. The smallest absolute Gasteiger partial charge is 0.0294 e. The van der Waals surface area contributed by atoms with Gasteiger partial charge in [0.15, 0.2) is 0 Å². The van der Waals surface area contributed by atoms with Crippen molar-refractivity contribution in [1.82, 2.24) is 0 Å². The molecule has 0 nitrogen and oxygen atoms in total. The second-order valence-corrected chi connectivity index (χ2v) is 3.82. The zero-order valence-electron chi connectivity index (χ0n) is 7.04. The average Bonchev–Trinajstić information content (AvgIpc) is 2.92. The quantitative estimate of drug-likeness (QED) is 0.626. The van der Waals surface area contributed by atoms with Crippen molar-refractivity contribution in [2.75, 3.05) is 5.88 Å². The lowest BCUT2D eigenvalue weighted by atomic mass is 9.96. The lowest BCUT2D eigenvalue weighted by Crippen LogP contribution is -2.02. The summed E-state index contributed by atoms with van der Waals surface area (Å²) in [5.41, 5.74) is 1.41. The van der Waals surface area contributed by atoms with E-state index in [0.717, 1.165) is 11.8 Å². The van der Waals surface area contributed by atoms with Crippen LogP contribution < -0.4 is 0 Å². The zero-order valence-corrected chi connectivity index (χ0v) is 7.80. The van der Waals surface area contributed by atoms with Gasteiger partial charge in [-0.15, -0.1) is 11.6 Å². The number of benzene rings is 1. The first kappa shape index (κ1) is 8.12. The van der Waals surface area contributed by atoms with Crippen LogP contribution in [-0.4, -0.2) is 5.88 Å². The van der Waals surface area contributed by atoms with Gasteiger partial charge < -0.3 is 0 Å². The molecule has 2 rings (SSSR count). The van der Waals surface area contributed by atoms with Gasteiger partial charge in [0.1, 0.15) is 0 Å². The zero-order chi connectivity index (χ0) is 8.39. The van der Waals surface area contributed by atoms with E-state index >= 15 is 0 Å². The van der Waals surface area contributed by atoms with Gasteiger partial charge in [0.2, 0.25) is 0 Å². The lowest BCUT2D eigenvalue weighted by molar-refractivity contribution is 0.670. The molecule has 0 radical (unpaired) electrons. The van der Waals surface area contributed by atoms with Crippen LogP contribution in [0.4, 0.5) is 0 Å². The van der Waals surface area contributed by atoms with E-state index in [0.29, 0.717) is 5.92 Å². The van der Waals surface area contributed by atoms with Crippen molar-refractivity contribution in [3.05, 3.63) is 35.9 Å². The first-order chi connectivity index (χ1) is 5.92. The Morgan fingerprint density at radius 3 is 2.42 bits per heavy atom. The minimum Gasteiger partial charge on any atom is -0.126 e. The molecule has 1 unspecified atom stereocenters. The van der Waals surface area contributed by atoms with Crippen molar-refractivity contribution >= 4 is 11.6 Å². The van der Waals surface area contributed by atoms with E-state index in [2.05, 4.69) is 30.3 Å². The highest BCUT2D eigenvalue weighted by Gasteiger charge is 2.31. The Labute approximate surface area is 78.6 Å². The molecular formula is C11H13Cl. The molecule has 1 fully saturated rings. The molecule has 0 bridgehead atoms. The summed E-state index contributed by atoms with van der Waals surface area (Å²) in [6.07, 6.45) is 2.73. The van der Waals surface area contributed by atoms with Gasteiger partial charge in [0.05, 0.1) is 0 Å². The van der Waals surface area contributed by atoms with Gasteiger partial charge in [-0.3, -0.25) is 0 Å². The van der Waals surface area contributed by atoms with Gasteiger partial charge >= 0.3 is 0 Å². The first-order valence-electron chi connectivity index (χ1n) is 4.52. The average molecular weight is 181 g/mol. The van der Waals surface area contributed by atoms with Crippen LogP contribution in [0.3, 0.4) is 0 Å². The molecule has 1 aromatic rings. The fraction of sp³-hybridized carbons (Fsp3) is 0.455. The van der Waals surface area contributed by atoms with Gasteiger partial charge in [-0.2, -0.15) is 0 Å². The highest BCUT2D eigenvalue weighted by molar-refractivity contribution is 6.18. The van der Waals surface area contributed by atoms with Crippen molar-refractivity contribution < 1.29 is 0 Å². The fourth-order valence-corrected chi connectivity index (χ4v) is 2.12. The molecule has 1 saturated carbocycles. The third-order valence-electron chi connectivity index (χ3n) is 2.59. The van der Waals surface area contributed by atoms with Crippen LogP contribution in [0.5, 0.6) is 0 Å². The van der Waals surface area contributed by atoms with Crippen LogP contribution in [0.25, 0.3) is 0 Å². The van der Waals surface area contributed by atoms with Crippen LogP contribution in [0.2, 0.25) is 0 Å². The van der Waals surface area contributed by atoms with Crippen LogP contribution in [0.15, 0.2) is 30.3 Å². The van der Waals surface area contributed by atoms with Crippen molar-refractivity contribution in [3.63, 3.8) is 0 Å². The highest BCUT2D eigenvalue weighted by Crippen LogP contribution is 2.42. The van der Waals surface area contributed by atoms with E-state index in [9.17, 15) is 0 Å². The maximum Gasteiger partial charge on any atom is 0.0294 e. The van der Waals surface area contributed by atoms with Crippen molar-refractivity contribution in [1.29, 1.82) is 0 Å². The van der Waals surface area contributed by atoms with Crippen LogP contribution in [0.1, 0.15) is 24.3 Å². The summed E-state index contributed by atoms with van der Waals surface area (Å²) in [6, 6.07) is 10.6. The van der Waals surface area contributed by atoms with Crippen molar-refractivity contribution in [2.45, 2.75) is 18.8 Å². The number of halogens is 1. The summed E-state index contributed by atoms with van der Waals surface area (Å²) in [5.74, 6) is 2.24. The molecular weight excluding hydrogens is 168 g/mol. The maximum absolute atomic E-state index is 5.94. The van der Waals surface area contributed by atoms with Gasteiger partial charge in [-0.25, -0.2) is 0 Å². The number of hydrogen-bond donors (Lipinski definition) is 0. The summed E-state index contributed by atoms with van der Waals surface area (Å²) < 4.78 is 0. The minimum atomic E-state index is 0.605. The summed E-state index contributed by atoms with van der Waals surface area (Å²) in [7, 11) is 0. The van der Waals surface area contributed by atoms with Crippen LogP contribution in [-0.2, 0) is 0 Å². The SMILES string of the molecule is ClCC(c1ccccc1)C1CC1. The van der Waals surface area contributed by atoms with Crippen LogP contribution >= 0.6 is 11.6 Å². The van der Waals surface area contributed by atoms with E-state index in [1.807, 2.05) is 0 Å². The Morgan fingerprint density at radius 2 is 1.92 bits per heavy atom. The summed E-state index contributed by atoms with van der Waals surface area (Å²) >= 11 is 5.94. The van der Waals surface area contributed by atoms with Gasteiger partial charge in [-0.05, 0) is 24.3 Å². The molecule has 1 atom stereocenters. The molecule has 0 aromatic heterocycles.